The summed E-state index contributed by atoms with van der Waals surface area (Å²) < 4.78 is 0. The van der Waals surface area contributed by atoms with Crippen molar-refractivity contribution in [3.8, 4) is 0 Å². The number of nitrogens with zero attached hydrogens (tertiary/aromatic N) is 2. The quantitative estimate of drug-likeness (QED) is 0.842. The topological polar surface area (TPSA) is 52.7 Å². The Hall–Kier alpha value is -1.26. The lowest BCUT2D eigenvalue weighted by atomic mass is 9.96. The van der Waals surface area contributed by atoms with Crippen molar-refractivity contribution in [2.45, 2.75) is 89.1 Å². The first-order chi connectivity index (χ1) is 11.8. The standard InChI is InChI=1S/C19H33N3O2/c23-18(21-13-7-2-1-3-8-14-21)17-12-9-15-22(17)19(24)20-16-10-5-4-6-11-16/h16-17H,1-15H2,(H,20,24)/t17-/m0/s1. The van der Waals surface area contributed by atoms with Gasteiger partial charge in [-0.3, -0.25) is 4.79 Å². The number of likely N-dealkylation sites (tertiary alicyclic amines) is 2. The van der Waals surface area contributed by atoms with E-state index in [1.54, 1.807) is 0 Å². The molecular weight excluding hydrogens is 302 g/mol. The second kappa shape index (κ2) is 8.72. The molecule has 2 heterocycles. The van der Waals surface area contributed by atoms with Crippen LogP contribution in [0.25, 0.3) is 0 Å². The third-order valence-electron chi connectivity index (χ3n) is 5.90. The number of carbonyl (C=O) groups excluding carboxylic acids is 2. The van der Waals surface area contributed by atoms with Gasteiger partial charge in [-0.15, -0.1) is 0 Å². The van der Waals surface area contributed by atoms with Crippen molar-refractivity contribution >= 4 is 11.9 Å². The predicted octanol–water partition coefficient (Wildman–Crippen LogP) is 3.29. The maximum absolute atomic E-state index is 13.0. The second-order valence-corrected chi connectivity index (χ2v) is 7.73. The number of hydrogen-bond donors (Lipinski definition) is 1. The molecule has 1 atom stereocenters. The highest BCUT2D eigenvalue weighted by Crippen LogP contribution is 2.23. The van der Waals surface area contributed by atoms with Crippen LogP contribution in [0.15, 0.2) is 0 Å². The largest absolute Gasteiger partial charge is 0.341 e. The molecule has 1 saturated carbocycles. The molecule has 0 bridgehead atoms. The summed E-state index contributed by atoms with van der Waals surface area (Å²) in [5.41, 5.74) is 0. The molecular formula is C19H33N3O2. The maximum Gasteiger partial charge on any atom is 0.318 e. The first kappa shape index (κ1) is 17.6. The van der Waals surface area contributed by atoms with Gasteiger partial charge in [-0.2, -0.15) is 0 Å². The molecule has 1 N–H and O–H groups in total. The van der Waals surface area contributed by atoms with Crippen molar-refractivity contribution in [2.75, 3.05) is 19.6 Å². The number of nitrogens with one attached hydrogen (secondary N) is 1. The maximum atomic E-state index is 13.0. The van der Waals surface area contributed by atoms with Crippen LogP contribution in [-0.2, 0) is 4.79 Å². The van der Waals surface area contributed by atoms with E-state index in [0.29, 0.717) is 6.04 Å². The van der Waals surface area contributed by atoms with Gasteiger partial charge in [0.15, 0.2) is 0 Å². The van der Waals surface area contributed by atoms with Crippen LogP contribution < -0.4 is 5.32 Å². The van der Waals surface area contributed by atoms with Crippen molar-refractivity contribution in [2.24, 2.45) is 0 Å². The average molecular weight is 335 g/mol. The molecule has 24 heavy (non-hydrogen) atoms. The molecule has 3 aliphatic rings. The lowest BCUT2D eigenvalue weighted by Crippen LogP contribution is -2.53. The summed E-state index contributed by atoms with van der Waals surface area (Å²) in [5.74, 6) is 0.188. The fourth-order valence-electron chi connectivity index (χ4n) is 4.45. The highest BCUT2D eigenvalue weighted by Gasteiger charge is 2.37. The summed E-state index contributed by atoms with van der Waals surface area (Å²) >= 11 is 0. The van der Waals surface area contributed by atoms with E-state index in [0.717, 1.165) is 58.2 Å². The molecule has 3 fully saturated rings. The van der Waals surface area contributed by atoms with Crippen LogP contribution in [-0.4, -0.2) is 53.5 Å². The minimum Gasteiger partial charge on any atom is -0.341 e. The van der Waals surface area contributed by atoms with E-state index in [2.05, 4.69) is 5.32 Å². The third-order valence-corrected chi connectivity index (χ3v) is 5.90. The Kier molecular flexibility index (Phi) is 6.38. The minimum absolute atomic E-state index is 0.00945. The van der Waals surface area contributed by atoms with Crippen LogP contribution in [0.1, 0.15) is 77.0 Å². The van der Waals surface area contributed by atoms with Crippen LogP contribution in [0.4, 0.5) is 4.79 Å². The Bertz CT molecular complexity index is 426. The number of urea groups is 1. The zero-order chi connectivity index (χ0) is 16.8. The van der Waals surface area contributed by atoms with E-state index in [-0.39, 0.29) is 18.0 Å². The summed E-state index contributed by atoms with van der Waals surface area (Å²) in [6.45, 7) is 2.46. The Morgan fingerprint density at radius 1 is 0.708 bits per heavy atom. The van der Waals surface area contributed by atoms with E-state index in [1.807, 2.05) is 9.80 Å². The molecule has 0 radical (unpaired) electrons. The van der Waals surface area contributed by atoms with Gasteiger partial charge in [0.2, 0.25) is 5.91 Å². The van der Waals surface area contributed by atoms with E-state index < -0.39 is 0 Å². The summed E-state index contributed by atoms with van der Waals surface area (Å²) in [7, 11) is 0. The van der Waals surface area contributed by atoms with Crippen LogP contribution >= 0.6 is 0 Å². The molecule has 0 spiro atoms. The molecule has 0 unspecified atom stereocenters. The summed E-state index contributed by atoms with van der Waals surface area (Å²) in [5, 5.41) is 3.19. The van der Waals surface area contributed by atoms with Crippen LogP contribution in [0.5, 0.6) is 0 Å². The highest BCUT2D eigenvalue weighted by molar-refractivity contribution is 5.87. The van der Waals surface area contributed by atoms with Gasteiger partial charge in [0.05, 0.1) is 0 Å². The summed E-state index contributed by atoms with van der Waals surface area (Å²) in [6, 6.07) is 0.0714. The fourth-order valence-corrected chi connectivity index (χ4v) is 4.45. The lowest BCUT2D eigenvalue weighted by Gasteiger charge is -2.33. The number of carbonyl (C=O) groups is 2. The van der Waals surface area contributed by atoms with Gasteiger partial charge in [-0.25, -0.2) is 4.79 Å². The molecule has 2 saturated heterocycles. The normalized spacial score (nSPS) is 26.8. The molecule has 0 aromatic rings. The van der Waals surface area contributed by atoms with Gasteiger partial charge in [-0.05, 0) is 38.5 Å². The van der Waals surface area contributed by atoms with Crippen LogP contribution in [0.2, 0.25) is 0 Å². The van der Waals surface area contributed by atoms with E-state index in [9.17, 15) is 9.59 Å². The van der Waals surface area contributed by atoms with Gasteiger partial charge < -0.3 is 15.1 Å². The fraction of sp³-hybridized carbons (Fsp3) is 0.895. The van der Waals surface area contributed by atoms with Crippen LogP contribution in [0.3, 0.4) is 0 Å². The monoisotopic (exact) mass is 335 g/mol. The molecule has 1 aliphatic carbocycles. The Morgan fingerprint density at radius 3 is 2.04 bits per heavy atom. The third kappa shape index (κ3) is 4.42. The number of hydrogen-bond acceptors (Lipinski definition) is 2. The molecule has 5 heteroatoms. The smallest absolute Gasteiger partial charge is 0.318 e. The number of amides is 3. The van der Waals surface area contributed by atoms with Crippen molar-refractivity contribution in [3.05, 3.63) is 0 Å². The van der Waals surface area contributed by atoms with Crippen molar-refractivity contribution < 1.29 is 9.59 Å². The van der Waals surface area contributed by atoms with Gasteiger partial charge in [0.25, 0.3) is 0 Å². The zero-order valence-corrected chi connectivity index (χ0v) is 15.0. The molecule has 136 valence electrons. The Morgan fingerprint density at radius 2 is 1.33 bits per heavy atom. The van der Waals surface area contributed by atoms with Gasteiger partial charge in [-0.1, -0.05) is 38.5 Å². The molecule has 2 aliphatic heterocycles. The lowest BCUT2D eigenvalue weighted by molar-refractivity contribution is -0.135. The zero-order valence-electron chi connectivity index (χ0n) is 15.0. The first-order valence-corrected chi connectivity index (χ1v) is 10.1. The second-order valence-electron chi connectivity index (χ2n) is 7.73. The molecule has 5 nitrogen and oxygen atoms in total. The molecule has 3 rings (SSSR count). The molecule has 0 aromatic heterocycles. The molecule has 0 aromatic carbocycles. The van der Waals surface area contributed by atoms with Crippen molar-refractivity contribution in [1.82, 2.24) is 15.1 Å². The van der Waals surface area contributed by atoms with E-state index >= 15 is 0 Å². The van der Waals surface area contributed by atoms with Crippen LogP contribution in [0, 0.1) is 0 Å². The highest BCUT2D eigenvalue weighted by atomic mass is 16.2. The van der Waals surface area contributed by atoms with Gasteiger partial charge >= 0.3 is 6.03 Å². The summed E-state index contributed by atoms with van der Waals surface area (Å²) in [4.78, 5) is 29.5. The number of rotatable bonds is 2. The minimum atomic E-state index is -0.229. The summed E-state index contributed by atoms with van der Waals surface area (Å²) in [6.07, 6.45) is 13.6. The first-order valence-electron chi connectivity index (χ1n) is 10.1. The predicted molar refractivity (Wildman–Crippen MR) is 94.8 cm³/mol. The van der Waals surface area contributed by atoms with Gasteiger partial charge in [0.1, 0.15) is 6.04 Å². The van der Waals surface area contributed by atoms with Gasteiger partial charge in [0, 0.05) is 25.7 Å². The SMILES string of the molecule is O=C([C@@H]1CCCN1C(=O)NC1CCCCC1)N1CCCCCCC1. The van der Waals surface area contributed by atoms with E-state index in [1.165, 1.54) is 38.5 Å². The van der Waals surface area contributed by atoms with Crippen molar-refractivity contribution in [3.63, 3.8) is 0 Å². The van der Waals surface area contributed by atoms with E-state index in [4.69, 9.17) is 0 Å². The van der Waals surface area contributed by atoms with Crippen molar-refractivity contribution in [1.29, 1.82) is 0 Å². The Labute approximate surface area is 146 Å². The Balaban J connectivity index is 1.56. The average Bonchev–Trinajstić information content (AvgIpc) is 3.04. The molecule has 3 amide bonds.